The number of hydrogen-bond donors (Lipinski definition) is 0. The van der Waals surface area contributed by atoms with Gasteiger partial charge in [0.15, 0.2) is 6.29 Å². The Labute approximate surface area is 110 Å². The largest absolute Gasteiger partial charge is 0.381 e. The Bertz CT molecular complexity index is 222. The molecule has 0 aromatic rings. The van der Waals surface area contributed by atoms with Crippen LogP contribution in [0.3, 0.4) is 0 Å². The first-order valence-corrected chi connectivity index (χ1v) is 7.11. The third kappa shape index (κ3) is 8.46. The van der Waals surface area contributed by atoms with E-state index in [0.717, 1.165) is 58.5 Å². The molecule has 104 valence electrons. The van der Waals surface area contributed by atoms with Gasteiger partial charge in [-0.2, -0.15) is 5.26 Å². The molecule has 1 unspecified atom stereocenters. The molecule has 1 rings (SSSR count). The fourth-order valence-electron chi connectivity index (χ4n) is 1.91. The second-order valence-corrected chi connectivity index (χ2v) is 4.60. The number of nitriles is 1. The number of nitrogens with zero attached hydrogens (tertiary/aromatic N) is 1. The van der Waals surface area contributed by atoms with Crippen molar-refractivity contribution in [1.82, 2.24) is 0 Å². The topological polar surface area (TPSA) is 51.5 Å². The summed E-state index contributed by atoms with van der Waals surface area (Å²) < 4.78 is 16.4. The first-order chi connectivity index (χ1) is 8.93. The highest BCUT2D eigenvalue weighted by atomic mass is 16.7. The van der Waals surface area contributed by atoms with E-state index in [9.17, 15) is 0 Å². The van der Waals surface area contributed by atoms with Gasteiger partial charge in [-0.1, -0.05) is 12.8 Å². The summed E-state index contributed by atoms with van der Waals surface area (Å²) in [4.78, 5) is 0. The van der Waals surface area contributed by atoms with Gasteiger partial charge in [0.1, 0.15) is 0 Å². The molecule has 4 heteroatoms. The number of hydrogen-bond acceptors (Lipinski definition) is 4. The molecule has 4 nitrogen and oxygen atoms in total. The Kier molecular flexibility index (Phi) is 9.82. The normalized spacial score (nSPS) is 18.9. The number of unbranched alkanes of at least 4 members (excludes halogenated alkanes) is 4. The molecule has 1 atom stereocenters. The molecule has 0 spiro atoms. The molecule has 0 radical (unpaired) electrons. The van der Waals surface area contributed by atoms with Crippen molar-refractivity contribution < 1.29 is 14.2 Å². The summed E-state index contributed by atoms with van der Waals surface area (Å²) >= 11 is 0. The van der Waals surface area contributed by atoms with Crippen LogP contribution in [0.2, 0.25) is 0 Å². The van der Waals surface area contributed by atoms with Crippen molar-refractivity contribution in [3.63, 3.8) is 0 Å². The SMILES string of the molecule is N#CCCCOCCCCCCOC1CCCO1. The van der Waals surface area contributed by atoms with Crippen molar-refractivity contribution in [2.75, 3.05) is 26.4 Å². The third-order valence-electron chi connectivity index (χ3n) is 2.95. The van der Waals surface area contributed by atoms with Crippen LogP contribution in [0.25, 0.3) is 0 Å². The van der Waals surface area contributed by atoms with Gasteiger partial charge in [0.05, 0.1) is 6.07 Å². The fourth-order valence-corrected chi connectivity index (χ4v) is 1.91. The van der Waals surface area contributed by atoms with Gasteiger partial charge in [-0.05, 0) is 25.7 Å². The van der Waals surface area contributed by atoms with E-state index in [2.05, 4.69) is 6.07 Å². The smallest absolute Gasteiger partial charge is 0.157 e. The highest BCUT2D eigenvalue weighted by molar-refractivity contribution is 4.67. The van der Waals surface area contributed by atoms with Crippen LogP contribution >= 0.6 is 0 Å². The zero-order valence-electron chi connectivity index (χ0n) is 11.2. The molecule has 1 aliphatic rings. The van der Waals surface area contributed by atoms with E-state index in [1.165, 1.54) is 12.8 Å². The molecule has 0 aromatic carbocycles. The first-order valence-electron chi connectivity index (χ1n) is 7.11. The molecule has 0 saturated carbocycles. The van der Waals surface area contributed by atoms with Crippen molar-refractivity contribution in [2.24, 2.45) is 0 Å². The summed E-state index contributed by atoms with van der Waals surface area (Å²) in [5.74, 6) is 0. The third-order valence-corrected chi connectivity index (χ3v) is 2.95. The molecule has 1 fully saturated rings. The van der Waals surface area contributed by atoms with Gasteiger partial charge >= 0.3 is 0 Å². The molecule has 1 heterocycles. The first kappa shape index (κ1) is 15.4. The van der Waals surface area contributed by atoms with Gasteiger partial charge in [-0.15, -0.1) is 0 Å². The van der Waals surface area contributed by atoms with Gasteiger partial charge in [0.2, 0.25) is 0 Å². The zero-order chi connectivity index (χ0) is 12.9. The van der Waals surface area contributed by atoms with Crippen LogP contribution in [0.15, 0.2) is 0 Å². The van der Waals surface area contributed by atoms with Crippen molar-refractivity contribution in [2.45, 2.75) is 57.7 Å². The Hall–Kier alpha value is -0.630. The Morgan fingerprint density at radius 3 is 2.56 bits per heavy atom. The van der Waals surface area contributed by atoms with E-state index >= 15 is 0 Å². The lowest BCUT2D eigenvalue weighted by molar-refractivity contribution is -0.111. The maximum atomic E-state index is 8.34. The standard InChI is InChI=1S/C14H25NO3/c15-9-3-6-11-16-10-4-1-2-5-12-17-14-8-7-13-18-14/h14H,1-8,10-13H2. The summed E-state index contributed by atoms with van der Waals surface area (Å²) in [7, 11) is 0. The zero-order valence-corrected chi connectivity index (χ0v) is 11.2. The van der Waals surface area contributed by atoms with Crippen molar-refractivity contribution in [3.05, 3.63) is 0 Å². The maximum absolute atomic E-state index is 8.34. The van der Waals surface area contributed by atoms with E-state index in [4.69, 9.17) is 19.5 Å². The molecular formula is C14H25NO3. The summed E-state index contributed by atoms with van der Waals surface area (Å²) in [5.41, 5.74) is 0. The quantitative estimate of drug-likeness (QED) is 0.532. The second kappa shape index (κ2) is 11.5. The Balaban J connectivity index is 1.69. The van der Waals surface area contributed by atoms with Gasteiger partial charge < -0.3 is 14.2 Å². The van der Waals surface area contributed by atoms with Gasteiger partial charge in [-0.3, -0.25) is 0 Å². The molecule has 1 aliphatic heterocycles. The molecule has 0 aliphatic carbocycles. The van der Waals surface area contributed by atoms with Gasteiger partial charge in [0.25, 0.3) is 0 Å². The predicted octanol–water partition coefficient (Wildman–Crippen LogP) is 3.02. The van der Waals surface area contributed by atoms with Crippen LogP contribution in [-0.4, -0.2) is 32.7 Å². The summed E-state index contributed by atoms with van der Waals surface area (Å²) in [6.07, 6.45) is 8.28. The lowest BCUT2D eigenvalue weighted by Gasteiger charge is -2.10. The second-order valence-electron chi connectivity index (χ2n) is 4.60. The van der Waals surface area contributed by atoms with Crippen LogP contribution in [0.5, 0.6) is 0 Å². The minimum Gasteiger partial charge on any atom is -0.381 e. The summed E-state index contributed by atoms with van der Waals surface area (Å²) in [5, 5.41) is 8.34. The minimum atomic E-state index is 0.0634. The van der Waals surface area contributed by atoms with Crippen molar-refractivity contribution >= 4 is 0 Å². The maximum Gasteiger partial charge on any atom is 0.157 e. The molecule has 0 aromatic heterocycles. The number of ether oxygens (including phenoxy) is 3. The molecule has 0 bridgehead atoms. The van der Waals surface area contributed by atoms with Crippen LogP contribution in [0, 0.1) is 11.3 Å². The Morgan fingerprint density at radius 2 is 1.83 bits per heavy atom. The van der Waals surface area contributed by atoms with Crippen molar-refractivity contribution in [1.29, 1.82) is 5.26 Å². The average Bonchev–Trinajstić information content (AvgIpc) is 2.89. The molecule has 1 saturated heterocycles. The fraction of sp³-hybridized carbons (Fsp3) is 0.929. The lowest BCUT2D eigenvalue weighted by atomic mass is 10.2. The number of rotatable bonds is 11. The van der Waals surface area contributed by atoms with E-state index in [1.807, 2.05) is 0 Å². The predicted molar refractivity (Wildman–Crippen MR) is 69.1 cm³/mol. The molecule has 18 heavy (non-hydrogen) atoms. The molecule has 0 N–H and O–H groups in total. The summed E-state index contributed by atoms with van der Waals surface area (Å²) in [6, 6.07) is 2.11. The Morgan fingerprint density at radius 1 is 1.06 bits per heavy atom. The highest BCUT2D eigenvalue weighted by Crippen LogP contribution is 2.13. The summed E-state index contributed by atoms with van der Waals surface area (Å²) in [6.45, 7) is 3.20. The van der Waals surface area contributed by atoms with Crippen LogP contribution in [0.1, 0.15) is 51.4 Å². The van der Waals surface area contributed by atoms with Crippen molar-refractivity contribution in [3.8, 4) is 6.07 Å². The van der Waals surface area contributed by atoms with Crippen LogP contribution in [-0.2, 0) is 14.2 Å². The van der Waals surface area contributed by atoms with E-state index in [-0.39, 0.29) is 6.29 Å². The molecular weight excluding hydrogens is 230 g/mol. The van der Waals surface area contributed by atoms with Crippen LogP contribution in [0.4, 0.5) is 0 Å². The molecule has 0 amide bonds. The van der Waals surface area contributed by atoms with Crippen LogP contribution < -0.4 is 0 Å². The van der Waals surface area contributed by atoms with E-state index < -0.39 is 0 Å². The average molecular weight is 255 g/mol. The lowest BCUT2D eigenvalue weighted by Crippen LogP contribution is -2.11. The minimum absolute atomic E-state index is 0.0634. The van der Waals surface area contributed by atoms with Gasteiger partial charge in [0, 0.05) is 39.3 Å². The highest BCUT2D eigenvalue weighted by Gasteiger charge is 2.14. The monoisotopic (exact) mass is 255 g/mol. The van der Waals surface area contributed by atoms with Gasteiger partial charge in [-0.25, -0.2) is 0 Å². The van der Waals surface area contributed by atoms with E-state index in [0.29, 0.717) is 6.42 Å². The van der Waals surface area contributed by atoms with E-state index in [1.54, 1.807) is 0 Å².